The third-order valence-corrected chi connectivity index (χ3v) is 3.87. The third-order valence-electron chi connectivity index (χ3n) is 3.87. The molecule has 3 rings (SSSR count). The Kier molecular flexibility index (Phi) is 3.25. The van der Waals surface area contributed by atoms with Gasteiger partial charge in [-0.25, -0.2) is 0 Å². The summed E-state index contributed by atoms with van der Waals surface area (Å²) in [5.74, 6) is -0.0289. The predicted octanol–water partition coefficient (Wildman–Crippen LogP) is 2.20. The van der Waals surface area contributed by atoms with Crippen LogP contribution in [0.4, 0.5) is 0 Å². The van der Waals surface area contributed by atoms with Gasteiger partial charge in [0.05, 0.1) is 11.7 Å². The first-order chi connectivity index (χ1) is 9.24. The molecule has 1 aliphatic carbocycles. The lowest BCUT2D eigenvalue weighted by atomic mass is 9.93. The monoisotopic (exact) mass is 258 g/mol. The third kappa shape index (κ3) is 2.49. The van der Waals surface area contributed by atoms with Gasteiger partial charge in [0, 0.05) is 23.1 Å². The maximum Gasteiger partial charge on any atom is 0.253 e. The number of para-hydroxylation sites is 1. The second kappa shape index (κ2) is 5.05. The normalized spacial score (nSPS) is 23.4. The molecule has 0 unspecified atom stereocenters. The summed E-state index contributed by atoms with van der Waals surface area (Å²) in [5.41, 5.74) is 1.67. The lowest BCUT2D eigenvalue weighted by Gasteiger charge is -2.26. The minimum absolute atomic E-state index is 0.0289. The summed E-state index contributed by atoms with van der Waals surface area (Å²) >= 11 is 0. The van der Waals surface area contributed by atoms with Crippen molar-refractivity contribution in [2.24, 2.45) is 0 Å². The molecule has 2 aromatic rings. The Bertz CT molecular complexity index is 583. The van der Waals surface area contributed by atoms with E-state index < -0.39 is 0 Å². The predicted molar refractivity (Wildman–Crippen MR) is 74.0 cm³/mol. The first kappa shape index (κ1) is 12.2. The maximum absolute atomic E-state index is 12.3. The van der Waals surface area contributed by atoms with E-state index in [4.69, 9.17) is 0 Å². The molecule has 1 aliphatic rings. The van der Waals surface area contributed by atoms with Gasteiger partial charge in [0.15, 0.2) is 0 Å². The Hall–Kier alpha value is -1.81. The van der Waals surface area contributed by atoms with Crippen molar-refractivity contribution >= 4 is 16.8 Å². The van der Waals surface area contributed by atoms with E-state index in [1.807, 2.05) is 24.3 Å². The molecule has 3 N–H and O–H groups in total. The second-order valence-electron chi connectivity index (χ2n) is 5.23. The first-order valence-electron chi connectivity index (χ1n) is 6.79. The molecule has 1 amide bonds. The van der Waals surface area contributed by atoms with Crippen LogP contribution in [0.15, 0.2) is 30.5 Å². The summed E-state index contributed by atoms with van der Waals surface area (Å²) in [4.78, 5) is 15.4. The number of aromatic amines is 1. The highest BCUT2D eigenvalue weighted by Crippen LogP contribution is 2.21. The molecular weight excluding hydrogens is 240 g/mol. The van der Waals surface area contributed by atoms with Gasteiger partial charge in [-0.05, 0) is 31.7 Å². The number of hydrogen-bond acceptors (Lipinski definition) is 2. The van der Waals surface area contributed by atoms with Gasteiger partial charge in [-0.15, -0.1) is 0 Å². The molecule has 1 aromatic heterocycles. The van der Waals surface area contributed by atoms with E-state index in [0.717, 1.165) is 36.6 Å². The standard InChI is InChI=1S/C15H18N2O2/c18-11-7-5-10(6-8-11)17-15(19)13-9-16-14-4-2-1-3-12(13)14/h1-4,9-11,16,18H,5-8H2,(H,17,19). The highest BCUT2D eigenvalue weighted by atomic mass is 16.3. The summed E-state index contributed by atoms with van der Waals surface area (Å²) in [5, 5.41) is 13.5. The van der Waals surface area contributed by atoms with Crippen LogP contribution in [-0.4, -0.2) is 28.1 Å². The molecule has 1 fully saturated rings. The summed E-state index contributed by atoms with van der Waals surface area (Å²) in [6.45, 7) is 0. The number of fused-ring (bicyclic) bond motifs is 1. The number of hydrogen-bond donors (Lipinski definition) is 3. The van der Waals surface area contributed by atoms with E-state index in [2.05, 4.69) is 10.3 Å². The number of aromatic nitrogens is 1. The SMILES string of the molecule is O=C(NC1CCC(O)CC1)c1c[nH]c2ccccc12. The summed E-state index contributed by atoms with van der Waals surface area (Å²) in [6.07, 6.45) is 4.83. The van der Waals surface area contributed by atoms with E-state index in [-0.39, 0.29) is 18.1 Å². The van der Waals surface area contributed by atoms with Crippen LogP contribution in [0.1, 0.15) is 36.0 Å². The molecule has 100 valence electrons. The van der Waals surface area contributed by atoms with Gasteiger partial charge in [0.1, 0.15) is 0 Å². The number of carbonyl (C=O) groups excluding carboxylic acids is 1. The van der Waals surface area contributed by atoms with Crippen molar-refractivity contribution in [1.29, 1.82) is 0 Å². The molecule has 19 heavy (non-hydrogen) atoms. The Balaban J connectivity index is 1.73. The van der Waals surface area contributed by atoms with Gasteiger partial charge in [-0.3, -0.25) is 4.79 Å². The lowest BCUT2D eigenvalue weighted by Crippen LogP contribution is -2.38. The van der Waals surface area contributed by atoms with Gasteiger partial charge in [-0.1, -0.05) is 18.2 Å². The molecule has 4 nitrogen and oxygen atoms in total. The molecule has 1 heterocycles. The fourth-order valence-electron chi connectivity index (χ4n) is 2.74. The van der Waals surface area contributed by atoms with Crippen molar-refractivity contribution in [3.63, 3.8) is 0 Å². The van der Waals surface area contributed by atoms with Crippen molar-refractivity contribution in [2.45, 2.75) is 37.8 Å². The Labute approximate surface area is 111 Å². The van der Waals surface area contributed by atoms with Crippen molar-refractivity contribution in [3.8, 4) is 0 Å². The van der Waals surface area contributed by atoms with Gasteiger partial charge in [0.25, 0.3) is 5.91 Å². The molecule has 1 saturated carbocycles. The van der Waals surface area contributed by atoms with Gasteiger partial charge in [0.2, 0.25) is 0 Å². The number of nitrogens with one attached hydrogen (secondary N) is 2. The first-order valence-corrected chi connectivity index (χ1v) is 6.79. The number of carbonyl (C=O) groups is 1. The molecule has 0 aliphatic heterocycles. The summed E-state index contributed by atoms with van der Waals surface area (Å²) in [6, 6.07) is 7.98. The highest BCUT2D eigenvalue weighted by Gasteiger charge is 2.22. The summed E-state index contributed by atoms with van der Waals surface area (Å²) < 4.78 is 0. The zero-order valence-corrected chi connectivity index (χ0v) is 10.7. The number of aliphatic hydroxyl groups is 1. The van der Waals surface area contributed by atoms with Crippen LogP contribution in [0.3, 0.4) is 0 Å². The van der Waals surface area contributed by atoms with Crippen molar-refractivity contribution in [1.82, 2.24) is 10.3 Å². The quantitative estimate of drug-likeness (QED) is 0.773. The molecule has 0 bridgehead atoms. The number of amides is 1. The van der Waals surface area contributed by atoms with E-state index in [1.54, 1.807) is 6.20 Å². The Morgan fingerprint density at radius 3 is 2.74 bits per heavy atom. The van der Waals surface area contributed by atoms with Crippen LogP contribution in [0, 0.1) is 0 Å². The molecule has 0 atom stereocenters. The van der Waals surface area contributed by atoms with Crippen LogP contribution in [0.25, 0.3) is 10.9 Å². The fourth-order valence-corrected chi connectivity index (χ4v) is 2.74. The molecule has 4 heteroatoms. The fraction of sp³-hybridized carbons (Fsp3) is 0.400. The number of benzene rings is 1. The zero-order valence-electron chi connectivity index (χ0n) is 10.7. The smallest absolute Gasteiger partial charge is 0.253 e. The molecule has 0 spiro atoms. The second-order valence-corrected chi connectivity index (χ2v) is 5.23. The Morgan fingerprint density at radius 1 is 1.21 bits per heavy atom. The average Bonchev–Trinajstić information content (AvgIpc) is 2.85. The number of H-pyrrole nitrogens is 1. The largest absolute Gasteiger partial charge is 0.393 e. The maximum atomic E-state index is 12.3. The van der Waals surface area contributed by atoms with Crippen LogP contribution in [0.2, 0.25) is 0 Å². The summed E-state index contributed by atoms with van der Waals surface area (Å²) in [7, 11) is 0. The van der Waals surface area contributed by atoms with Gasteiger partial charge in [-0.2, -0.15) is 0 Å². The van der Waals surface area contributed by atoms with Crippen LogP contribution in [0.5, 0.6) is 0 Å². The average molecular weight is 258 g/mol. The van der Waals surface area contributed by atoms with Crippen molar-refractivity contribution in [2.75, 3.05) is 0 Å². The molecule has 0 saturated heterocycles. The van der Waals surface area contributed by atoms with E-state index in [0.29, 0.717) is 5.56 Å². The topological polar surface area (TPSA) is 65.1 Å². The molecular formula is C15H18N2O2. The zero-order chi connectivity index (χ0) is 13.2. The molecule has 0 radical (unpaired) electrons. The highest BCUT2D eigenvalue weighted by molar-refractivity contribution is 6.06. The number of rotatable bonds is 2. The Morgan fingerprint density at radius 2 is 1.95 bits per heavy atom. The van der Waals surface area contributed by atoms with E-state index in [9.17, 15) is 9.90 Å². The van der Waals surface area contributed by atoms with Gasteiger partial charge >= 0.3 is 0 Å². The van der Waals surface area contributed by atoms with Crippen molar-refractivity contribution in [3.05, 3.63) is 36.0 Å². The number of aliphatic hydroxyl groups excluding tert-OH is 1. The van der Waals surface area contributed by atoms with Crippen LogP contribution >= 0.6 is 0 Å². The van der Waals surface area contributed by atoms with Gasteiger partial charge < -0.3 is 15.4 Å². The van der Waals surface area contributed by atoms with Crippen LogP contribution < -0.4 is 5.32 Å². The van der Waals surface area contributed by atoms with Crippen LogP contribution in [-0.2, 0) is 0 Å². The molecule has 1 aromatic carbocycles. The minimum atomic E-state index is -0.193. The van der Waals surface area contributed by atoms with E-state index in [1.165, 1.54) is 0 Å². The van der Waals surface area contributed by atoms with E-state index >= 15 is 0 Å². The lowest BCUT2D eigenvalue weighted by molar-refractivity contribution is 0.0869. The minimum Gasteiger partial charge on any atom is -0.393 e. The van der Waals surface area contributed by atoms with Crippen molar-refractivity contribution < 1.29 is 9.90 Å².